The molecule has 0 aliphatic heterocycles. The Morgan fingerprint density at radius 3 is 2.81 bits per heavy atom. The highest BCUT2D eigenvalue weighted by Crippen LogP contribution is 2.39. The number of hydrogen-bond donors (Lipinski definition) is 1. The van der Waals surface area contributed by atoms with Gasteiger partial charge in [-0.25, -0.2) is 8.78 Å². The Kier molecular flexibility index (Phi) is 5.49. The number of carbonyl (C=O) groups excluding carboxylic acids is 1. The van der Waals surface area contributed by atoms with Crippen molar-refractivity contribution >= 4 is 5.91 Å². The van der Waals surface area contributed by atoms with Crippen LogP contribution in [0.1, 0.15) is 48.9 Å². The Balaban J connectivity index is 1.51. The average molecular weight is 365 g/mol. The number of alkyl halides is 2. The summed E-state index contributed by atoms with van der Waals surface area (Å²) in [6.45, 7) is 0.101. The molecule has 1 fully saturated rings. The molecule has 140 valence electrons. The molecule has 0 atom stereocenters. The lowest BCUT2D eigenvalue weighted by Gasteiger charge is -2.26. The predicted molar refractivity (Wildman–Crippen MR) is 89.0 cm³/mol. The van der Waals surface area contributed by atoms with Crippen molar-refractivity contribution in [1.29, 1.82) is 0 Å². The number of aromatic nitrogens is 2. The third-order valence-corrected chi connectivity index (χ3v) is 4.55. The zero-order valence-corrected chi connectivity index (χ0v) is 14.5. The minimum absolute atomic E-state index is 0.101. The van der Waals surface area contributed by atoms with Crippen molar-refractivity contribution < 1.29 is 22.8 Å². The van der Waals surface area contributed by atoms with Crippen LogP contribution in [-0.4, -0.2) is 29.1 Å². The molecule has 3 rings (SSSR count). The van der Waals surface area contributed by atoms with Gasteiger partial charge in [0.05, 0.1) is 20.1 Å². The van der Waals surface area contributed by atoms with Crippen LogP contribution in [0, 0.1) is 0 Å². The van der Waals surface area contributed by atoms with Crippen LogP contribution in [0.5, 0.6) is 5.75 Å². The van der Waals surface area contributed by atoms with Crippen LogP contribution in [0.3, 0.4) is 0 Å². The van der Waals surface area contributed by atoms with Gasteiger partial charge >= 0.3 is 0 Å². The van der Waals surface area contributed by atoms with Crippen molar-refractivity contribution in [3.05, 3.63) is 41.5 Å². The third-order valence-electron chi connectivity index (χ3n) is 4.55. The van der Waals surface area contributed by atoms with Crippen molar-refractivity contribution in [2.24, 2.45) is 0 Å². The number of carbonyl (C=O) groups is 1. The fourth-order valence-corrected chi connectivity index (χ4v) is 3.06. The Bertz CT molecular complexity index is 754. The first-order valence-corrected chi connectivity index (χ1v) is 8.56. The second-order valence-corrected chi connectivity index (χ2v) is 6.44. The van der Waals surface area contributed by atoms with Gasteiger partial charge in [0.1, 0.15) is 5.75 Å². The van der Waals surface area contributed by atoms with Crippen molar-refractivity contribution in [1.82, 2.24) is 15.5 Å². The molecule has 1 aromatic heterocycles. The molecule has 1 saturated carbocycles. The summed E-state index contributed by atoms with van der Waals surface area (Å²) in [5, 5.41) is 6.59. The van der Waals surface area contributed by atoms with Crippen LogP contribution in [0.15, 0.2) is 28.8 Å². The third kappa shape index (κ3) is 4.56. The molecule has 6 nitrogen and oxygen atoms in total. The highest BCUT2D eigenvalue weighted by molar-refractivity contribution is 5.79. The maximum absolute atomic E-state index is 13.2. The quantitative estimate of drug-likeness (QED) is 0.850. The number of ether oxygens (including phenoxy) is 1. The normalized spacial score (nSPS) is 17.0. The van der Waals surface area contributed by atoms with Crippen LogP contribution < -0.4 is 10.1 Å². The molecule has 0 spiro atoms. The van der Waals surface area contributed by atoms with Gasteiger partial charge in [0, 0.05) is 24.3 Å². The fraction of sp³-hybridized carbons (Fsp3) is 0.500. The number of para-hydroxylation sites is 1. The predicted octanol–water partition coefficient (Wildman–Crippen LogP) is 3.23. The number of methoxy groups -OCH3 is 1. The number of halogens is 2. The topological polar surface area (TPSA) is 77.2 Å². The lowest BCUT2D eigenvalue weighted by molar-refractivity contribution is -0.120. The summed E-state index contributed by atoms with van der Waals surface area (Å²) in [5.74, 6) is -1.55. The maximum Gasteiger partial charge on any atom is 0.248 e. The van der Waals surface area contributed by atoms with E-state index >= 15 is 0 Å². The lowest BCUT2D eigenvalue weighted by Crippen LogP contribution is -2.25. The number of benzene rings is 1. The molecule has 0 radical (unpaired) electrons. The molecule has 1 amide bonds. The van der Waals surface area contributed by atoms with Crippen molar-refractivity contribution in [3.63, 3.8) is 0 Å². The summed E-state index contributed by atoms with van der Waals surface area (Å²) in [4.78, 5) is 16.3. The Morgan fingerprint density at radius 1 is 1.35 bits per heavy atom. The number of rotatable bonds is 6. The number of nitrogens with zero attached hydrogens (tertiary/aromatic N) is 2. The van der Waals surface area contributed by atoms with E-state index in [1.165, 1.54) is 0 Å². The highest BCUT2D eigenvalue weighted by atomic mass is 19.3. The zero-order valence-electron chi connectivity index (χ0n) is 14.5. The molecular weight excluding hydrogens is 344 g/mol. The molecule has 26 heavy (non-hydrogen) atoms. The van der Waals surface area contributed by atoms with Gasteiger partial charge in [0.25, 0.3) is 0 Å². The smallest absolute Gasteiger partial charge is 0.248 e. The Labute approximate surface area is 149 Å². The average Bonchev–Trinajstić information content (AvgIpc) is 3.09. The van der Waals surface area contributed by atoms with E-state index in [0.29, 0.717) is 24.4 Å². The SMILES string of the molecule is COc1ccccc1CC(=O)NCc1nc(C2CCC(F)(F)CC2)no1. The van der Waals surface area contributed by atoms with E-state index in [1.807, 2.05) is 18.2 Å². The van der Waals surface area contributed by atoms with E-state index in [1.54, 1.807) is 13.2 Å². The van der Waals surface area contributed by atoms with E-state index < -0.39 is 5.92 Å². The van der Waals surface area contributed by atoms with Gasteiger partial charge in [0.15, 0.2) is 5.82 Å². The molecule has 8 heteroatoms. The van der Waals surface area contributed by atoms with E-state index in [2.05, 4.69) is 15.5 Å². The van der Waals surface area contributed by atoms with E-state index in [4.69, 9.17) is 9.26 Å². The molecule has 0 bridgehead atoms. The summed E-state index contributed by atoms with van der Waals surface area (Å²) in [5.41, 5.74) is 0.779. The molecule has 0 saturated heterocycles. The van der Waals surface area contributed by atoms with Gasteiger partial charge in [0.2, 0.25) is 17.7 Å². The van der Waals surface area contributed by atoms with Crippen LogP contribution in [0.25, 0.3) is 0 Å². The van der Waals surface area contributed by atoms with Gasteiger partial charge < -0.3 is 14.6 Å². The number of nitrogens with one attached hydrogen (secondary N) is 1. The summed E-state index contributed by atoms with van der Waals surface area (Å²) in [7, 11) is 1.55. The first kappa shape index (κ1) is 18.3. The van der Waals surface area contributed by atoms with E-state index in [9.17, 15) is 13.6 Å². The van der Waals surface area contributed by atoms with Gasteiger partial charge in [-0.3, -0.25) is 4.79 Å². The minimum Gasteiger partial charge on any atom is -0.496 e. The van der Waals surface area contributed by atoms with Crippen LogP contribution in [0.4, 0.5) is 8.78 Å². The van der Waals surface area contributed by atoms with E-state index in [-0.39, 0.29) is 43.5 Å². The van der Waals surface area contributed by atoms with Gasteiger partial charge in [-0.2, -0.15) is 4.98 Å². The van der Waals surface area contributed by atoms with Crippen LogP contribution in [0.2, 0.25) is 0 Å². The maximum atomic E-state index is 13.2. The molecule has 1 heterocycles. The van der Waals surface area contributed by atoms with Gasteiger partial charge in [-0.15, -0.1) is 0 Å². The lowest BCUT2D eigenvalue weighted by atomic mass is 9.86. The summed E-state index contributed by atoms with van der Waals surface area (Å²) in [6.07, 6.45) is 0.537. The fourth-order valence-electron chi connectivity index (χ4n) is 3.06. The first-order valence-electron chi connectivity index (χ1n) is 8.56. The van der Waals surface area contributed by atoms with Gasteiger partial charge in [-0.05, 0) is 18.9 Å². The van der Waals surface area contributed by atoms with Gasteiger partial charge in [-0.1, -0.05) is 23.4 Å². The van der Waals surface area contributed by atoms with E-state index in [0.717, 1.165) is 5.56 Å². The monoisotopic (exact) mass is 365 g/mol. The molecule has 2 aromatic rings. The summed E-state index contributed by atoms with van der Waals surface area (Å²) < 4.78 is 36.8. The van der Waals surface area contributed by atoms with Crippen molar-refractivity contribution in [3.8, 4) is 5.75 Å². The molecule has 1 aliphatic carbocycles. The van der Waals surface area contributed by atoms with Crippen molar-refractivity contribution in [2.75, 3.05) is 7.11 Å². The molecule has 1 aliphatic rings. The molecular formula is C18H21F2N3O3. The Hall–Kier alpha value is -2.51. The largest absolute Gasteiger partial charge is 0.496 e. The number of amides is 1. The summed E-state index contributed by atoms with van der Waals surface area (Å²) >= 11 is 0. The zero-order chi connectivity index (χ0) is 18.6. The molecule has 1 aromatic carbocycles. The second kappa shape index (κ2) is 7.80. The highest BCUT2D eigenvalue weighted by Gasteiger charge is 2.36. The first-order chi connectivity index (χ1) is 12.5. The minimum atomic E-state index is -2.59. The summed E-state index contributed by atoms with van der Waals surface area (Å²) in [6, 6.07) is 7.28. The van der Waals surface area contributed by atoms with Crippen LogP contribution >= 0.6 is 0 Å². The second-order valence-electron chi connectivity index (χ2n) is 6.44. The number of hydrogen-bond acceptors (Lipinski definition) is 5. The van der Waals surface area contributed by atoms with Crippen molar-refractivity contribution in [2.45, 2.75) is 50.5 Å². The standard InChI is InChI=1S/C18H21F2N3O3/c1-25-14-5-3-2-4-13(14)10-15(24)21-11-16-22-17(23-26-16)12-6-8-18(19,20)9-7-12/h2-5,12H,6-11H2,1H3,(H,21,24). The molecule has 0 unspecified atom stereocenters. The van der Waals surface area contributed by atoms with Crippen LogP contribution in [-0.2, 0) is 17.8 Å². The molecule has 1 N–H and O–H groups in total. The Morgan fingerprint density at radius 2 is 2.08 bits per heavy atom.